The highest BCUT2D eigenvalue weighted by Crippen LogP contribution is 2.36. The molecular formula is C25H26N4OS. The van der Waals surface area contributed by atoms with Gasteiger partial charge < -0.3 is 14.9 Å². The molecule has 2 N–H and O–H groups in total. The van der Waals surface area contributed by atoms with E-state index in [-0.39, 0.29) is 11.5 Å². The van der Waals surface area contributed by atoms with E-state index < -0.39 is 0 Å². The molecule has 1 aliphatic heterocycles. The smallest absolute Gasteiger partial charge is 0.136 e. The van der Waals surface area contributed by atoms with Crippen LogP contribution in [0.5, 0.6) is 5.75 Å². The van der Waals surface area contributed by atoms with Gasteiger partial charge >= 0.3 is 0 Å². The molecule has 1 aromatic heterocycles. The topological polar surface area (TPSA) is 70.4 Å². The van der Waals surface area contributed by atoms with Crippen LogP contribution in [0.15, 0.2) is 70.7 Å². The molecule has 4 rings (SSSR count). The summed E-state index contributed by atoms with van der Waals surface area (Å²) in [4.78, 5) is 10.2. The number of anilines is 1. The standard InChI is InChI=1S/C25H26N4OS/c1-16(2)30-19-7-10-22-21(14-19)24(28-22)17-11-12-27-23(13-17)29-31-20-8-5-18(6-9-20)25(3,4)15-26/h5-16,26H,1-4H3,(H,27,29). The third-order valence-electron chi connectivity index (χ3n) is 5.09. The molecule has 2 heterocycles. The summed E-state index contributed by atoms with van der Waals surface area (Å²) in [5, 5.41) is 7.58. The quantitative estimate of drug-likeness (QED) is 0.251. The number of aliphatic imine (C=N–C) groups is 1. The van der Waals surface area contributed by atoms with Crippen LogP contribution in [0.2, 0.25) is 0 Å². The fraction of sp³-hybridized carbons (Fsp3) is 0.240. The van der Waals surface area contributed by atoms with E-state index in [1.807, 2.05) is 52.0 Å². The van der Waals surface area contributed by atoms with Gasteiger partial charge in [0.25, 0.3) is 0 Å². The highest BCUT2D eigenvalue weighted by atomic mass is 32.2. The molecule has 0 saturated heterocycles. The highest BCUT2D eigenvalue weighted by molar-refractivity contribution is 8.00. The average Bonchev–Trinajstić information content (AvgIpc) is 2.74. The van der Waals surface area contributed by atoms with Crippen molar-refractivity contribution in [3.05, 3.63) is 77.5 Å². The summed E-state index contributed by atoms with van der Waals surface area (Å²) in [6.45, 7) is 8.12. The maximum absolute atomic E-state index is 7.58. The van der Waals surface area contributed by atoms with Gasteiger partial charge in [0.1, 0.15) is 11.6 Å². The number of fused-ring (bicyclic) bond motifs is 1. The summed E-state index contributed by atoms with van der Waals surface area (Å²) in [6, 6.07) is 18.2. The van der Waals surface area contributed by atoms with Gasteiger partial charge in [-0.15, -0.1) is 0 Å². The number of pyridine rings is 1. The average molecular weight is 431 g/mol. The monoisotopic (exact) mass is 430 g/mol. The Morgan fingerprint density at radius 3 is 2.55 bits per heavy atom. The van der Waals surface area contributed by atoms with Crippen LogP contribution in [0.3, 0.4) is 0 Å². The molecule has 5 nitrogen and oxygen atoms in total. The van der Waals surface area contributed by atoms with E-state index in [1.165, 1.54) is 18.2 Å². The van der Waals surface area contributed by atoms with Gasteiger partial charge in [0, 0.05) is 33.8 Å². The molecule has 0 radical (unpaired) electrons. The Bertz CT molecular complexity index is 1140. The summed E-state index contributed by atoms with van der Waals surface area (Å²) >= 11 is 1.51. The maximum Gasteiger partial charge on any atom is 0.136 e. The second kappa shape index (κ2) is 8.55. The van der Waals surface area contributed by atoms with Gasteiger partial charge in [0.05, 0.1) is 17.5 Å². The molecule has 0 fully saturated rings. The van der Waals surface area contributed by atoms with Crippen molar-refractivity contribution < 1.29 is 4.74 Å². The van der Waals surface area contributed by atoms with Crippen molar-refractivity contribution in [1.82, 2.24) is 4.98 Å². The number of hydrogen-bond donors (Lipinski definition) is 2. The minimum absolute atomic E-state index is 0.137. The normalized spacial score (nSPS) is 12.6. The number of benzene rings is 2. The second-order valence-corrected chi connectivity index (χ2v) is 9.21. The molecule has 3 aromatic rings. The van der Waals surface area contributed by atoms with Crippen molar-refractivity contribution in [1.29, 1.82) is 5.41 Å². The third kappa shape index (κ3) is 4.64. The number of aromatic nitrogens is 1. The first-order chi connectivity index (χ1) is 14.9. The molecule has 0 bridgehead atoms. The maximum atomic E-state index is 7.58. The van der Waals surface area contributed by atoms with Gasteiger partial charge in [-0.2, -0.15) is 0 Å². The van der Waals surface area contributed by atoms with Crippen LogP contribution < -0.4 is 9.46 Å². The van der Waals surface area contributed by atoms with Gasteiger partial charge in [0.15, 0.2) is 0 Å². The van der Waals surface area contributed by atoms with Crippen LogP contribution in [0, 0.1) is 5.41 Å². The number of nitrogens with one attached hydrogen (secondary N) is 2. The molecule has 6 heteroatoms. The van der Waals surface area contributed by atoms with Crippen molar-refractivity contribution in [3.8, 4) is 5.75 Å². The summed E-state index contributed by atoms with van der Waals surface area (Å²) < 4.78 is 9.14. The Morgan fingerprint density at radius 1 is 1.06 bits per heavy atom. The first-order valence-corrected chi connectivity index (χ1v) is 11.1. The van der Waals surface area contributed by atoms with E-state index in [0.717, 1.165) is 44.6 Å². The number of nitrogens with zero attached hydrogens (tertiary/aromatic N) is 2. The molecule has 0 spiro atoms. The summed E-state index contributed by atoms with van der Waals surface area (Å²) in [6.07, 6.45) is 3.41. The van der Waals surface area contributed by atoms with E-state index in [9.17, 15) is 0 Å². The molecule has 2 aromatic carbocycles. The van der Waals surface area contributed by atoms with Crippen molar-refractivity contribution in [2.75, 3.05) is 4.72 Å². The molecule has 0 atom stereocenters. The van der Waals surface area contributed by atoms with Gasteiger partial charge in [-0.05, 0) is 73.8 Å². The van der Waals surface area contributed by atoms with Crippen LogP contribution in [0.1, 0.15) is 44.4 Å². The molecule has 31 heavy (non-hydrogen) atoms. The van der Waals surface area contributed by atoms with Crippen molar-refractivity contribution in [2.45, 2.75) is 44.1 Å². The van der Waals surface area contributed by atoms with E-state index in [4.69, 9.17) is 10.1 Å². The molecule has 158 valence electrons. The Labute approximate surface area is 187 Å². The number of ether oxygens (including phenoxy) is 1. The Balaban J connectivity index is 1.45. The summed E-state index contributed by atoms with van der Waals surface area (Å²) in [5.74, 6) is 1.64. The minimum Gasteiger partial charge on any atom is -0.491 e. The van der Waals surface area contributed by atoms with Gasteiger partial charge in [-0.25, -0.2) is 9.98 Å². The third-order valence-corrected chi connectivity index (χ3v) is 5.91. The van der Waals surface area contributed by atoms with Crippen molar-refractivity contribution >= 4 is 35.4 Å². The molecule has 0 saturated carbocycles. The molecule has 1 aliphatic rings. The van der Waals surface area contributed by atoms with Crippen LogP contribution in [0.4, 0.5) is 11.5 Å². The van der Waals surface area contributed by atoms with Crippen LogP contribution in [-0.2, 0) is 5.41 Å². The number of hydrogen-bond acceptors (Lipinski definition) is 6. The van der Waals surface area contributed by atoms with Crippen molar-refractivity contribution in [2.24, 2.45) is 4.99 Å². The van der Waals surface area contributed by atoms with Gasteiger partial charge in [-0.1, -0.05) is 26.0 Å². The van der Waals surface area contributed by atoms with Gasteiger partial charge in [0.2, 0.25) is 0 Å². The Hall–Kier alpha value is -3.12. The van der Waals surface area contributed by atoms with E-state index >= 15 is 0 Å². The van der Waals surface area contributed by atoms with E-state index in [2.05, 4.69) is 45.0 Å². The molecule has 0 amide bonds. The van der Waals surface area contributed by atoms with Crippen molar-refractivity contribution in [3.63, 3.8) is 0 Å². The largest absolute Gasteiger partial charge is 0.491 e. The van der Waals surface area contributed by atoms with Crippen LogP contribution in [0.25, 0.3) is 0 Å². The van der Waals surface area contributed by atoms with E-state index in [0.29, 0.717) is 0 Å². The first-order valence-electron chi connectivity index (χ1n) is 10.3. The minimum atomic E-state index is -0.258. The van der Waals surface area contributed by atoms with Gasteiger partial charge in [-0.3, -0.25) is 0 Å². The molecule has 0 aliphatic carbocycles. The Kier molecular flexibility index (Phi) is 5.83. The van der Waals surface area contributed by atoms with E-state index in [1.54, 1.807) is 6.20 Å². The number of rotatable bonds is 8. The zero-order valence-corrected chi connectivity index (χ0v) is 19.0. The fourth-order valence-electron chi connectivity index (χ4n) is 3.28. The lowest BCUT2D eigenvalue weighted by atomic mass is 9.86. The fourth-order valence-corrected chi connectivity index (χ4v) is 3.88. The summed E-state index contributed by atoms with van der Waals surface area (Å²) in [7, 11) is 0. The Morgan fingerprint density at radius 2 is 1.84 bits per heavy atom. The zero-order chi connectivity index (χ0) is 22.0. The summed E-state index contributed by atoms with van der Waals surface area (Å²) in [5.41, 5.74) is 4.93. The first kappa shape index (κ1) is 21.1. The molecule has 0 unspecified atom stereocenters. The van der Waals surface area contributed by atoms with Crippen LogP contribution in [-0.4, -0.2) is 23.0 Å². The SMILES string of the molecule is CC(C)Oc1ccc2c(c1)C(c1ccnc(NSc3ccc(C(C)(C)C=N)cc3)c1)=N2. The predicted octanol–water partition coefficient (Wildman–Crippen LogP) is 6.40. The second-order valence-electron chi connectivity index (χ2n) is 8.33. The molecular weight excluding hydrogens is 404 g/mol. The van der Waals surface area contributed by atoms with Crippen LogP contribution >= 0.6 is 11.9 Å². The zero-order valence-electron chi connectivity index (χ0n) is 18.1. The lowest BCUT2D eigenvalue weighted by molar-refractivity contribution is 0.242. The highest BCUT2D eigenvalue weighted by Gasteiger charge is 2.22. The lowest BCUT2D eigenvalue weighted by Crippen LogP contribution is -2.17. The lowest BCUT2D eigenvalue weighted by Gasteiger charge is -2.21. The predicted molar refractivity (Wildman–Crippen MR) is 129 cm³/mol.